The quantitative estimate of drug-likeness (QED) is 0.637. The molecule has 1 aromatic carbocycles. The van der Waals surface area contributed by atoms with E-state index >= 15 is 0 Å². The van der Waals surface area contributed by atoms with Gasteiger partial charge in [-0.25, -0.2) is 0 Å². The van der Waals surface area contributed by atoms with Crippen molar-refractivity contribution in [3.63, 3.8) is 0 Å². The molecule has 0 aliphatic carbocycles. The van der Waals surface area contributed by atoms with E-state index in [1.807, 2.05) is 25.1 Å². The SMILES string of the molecule is Cc1ccc(C(C)(O)C#N)cc1. The second-order valence-corrected chi connectivity index (χ2v) is 3.05. The normalized spacial score (nSPS) is 14.8. The summed E-state index contributed by atoms with van der Waals surface area (Å²) in [6.07, 6.45) is 0. The molecule has 2 nitrogen and oxygen atoms in total. The first-order chi connectivity index (χ1) is 5.56. The van der Waals surface area contributed by atoms with Crippen molar-refractivity contribution in [3.8, 4) is 6.07 Å². The fraction of sp³-hybridized carbons (Fsp3) is 0.300. The van der Waals surface area contributed by atoms with E-state index in [0.717, 1.165) is 5.56 Å². The van der Waals surface area contributed by atoms with Crippen molar-refractivity contribution in [2.24, 2.45) is 0 Å². The number of aliphatic hydroxyl groups is 1. The highest BCUT2D eigenvalue weighted by atomic mass is 16.3. The molecule has 0 fully saturated rings. The third kappa shape index (κ3) is 1.63. The molecule has 1 unspecified atom stereocenters. The molecule has 2 heteroatoms. The van der Waals surface area contributed by atoms with E-state index in [9.17, 15) is 5.11 Å². The Balaban J connectivity index is 3.07. The molecule has 0 saturated carbocycles. The number of benzene rings is 1. The van der Waals surface area contributed by atoms with E-state index in [0.29, 0.717) is 5.56 Å². The first-order valence-corrected chi connectivity index (χ1v) is 3.77. The van der Waals surface area contributed by atoms with Gasteiger partial charge in [0.1, 0.15) is 6.07 Å². The van der Waals surface area contributed by atoms with Gasteiger partial charge in [-0.05, 0) is 19.4 Å². The number of nitrogens with zero attached hydrogens (tertiary/aromatic N) is 1. The second-order valence-electron chi connectivity index (χ2n) is 3.05. The van der Waals surface area contributed by atoms with Gasteiger partial charge in [-0.3, -0.25) is 0 Å². The molecule has 0 radical (unpaired) electrons. The molecule has 0 aliphatic heterocycles. The van der Waals surface area contributed by atoms with Crippen molar-refractivity contribution >= 4 is 0 Å². The smallest absolute Gasteiger partial charge is 0.173 e. The third-order valence-corrected chi connectivity index (χ3v) is 1.83. The zero-order valence-electron chi connectivity index (χ0n) is 7.20. The lowest BCUT2D eigenvalue weighted by atomic mass is 9.97. The van der Waals surface area contributed by atoms with Gasteiger partial charge in [-0.15, -0.1) is 0 Å². The van der Waals surface area contributed by atoms with Crippen molar-refractivity contribution in [2.75, 3.05) is 0 Å². The van der Waals surface area contributed by atoms with Crippen molar-refractivity contribution < 1.29 is 5.11 Å². The van der Waals surface area contributed by atoms with Crippen LogP contribution in [0.25, 0.3) is 0 Å². The van der Waals surface area contributed by atoms with E-state index in [-0.39, 0.29) is 0 Å². The first kappa shape index (κ1) is 8.76. The number of hydrogen-bond donors (Lipinski definition) is 1. The summed E-state index contributed by atoms with van der Waals surface area (Å²) in [6, 6.07) is 9.11. The van der Waals surface area contributed by atoms with Crippen LogP contribution in [0.5, 0.6) is 0 Å². The maximum Gasteiger partial charge on any atom is 0.173 e. The van der Waals surface area contributed by atoms with Crippen LogP contribution in [0.1, 0.15) is 18.1 Å². The highest BCUT2D eigenvalue weighted by Gasteiger charge is 2.21. The zero-order chi connectivity index (χ0) is 9.19. The highest BCUT2D eigenvalue weighted by Crippen LogP contribution is 2.19. The van der Waals surface area contributed by atoms with Gasteiger partial charge in [0.15, 0.2) is 5.60 Å². The summed E-state index contributed by atoms with van der Waals surface area (Å²) in [4.78, 5) is 0. The number of hydrogen-bond acceptors (Lipinski definition) is 2. The molecule has 0 heterocycles. The maximum atomic E-state index is 9.52. The van der Waals surface area contributed by atoms with Gasteiger partial charge in [-0.2, -0.15) is 5.26 Å². The molecule has 1 N–H and O–H groups in total. The Morgan fingerprint density at radius 1 is 1.33 bits per heavy atom. The van der Waals surface area contributed by atoms with E-state index in [4.69, 9.17) is 5.26 Å². The molecule has 0 aromatic heterocycles. The fourth-order valence-corrected chi connectivity index (χ4v) is 0.943. The van der Waals surface area contributed by atoms with E-state index in [2.05, 4.69) is 0 Å². The molecular formula is C10H11NO. The summed E-state index contributed by atoms with van der Waals surface area (Å²) in [5, 5.41) is 18.1. The average Bonchev–Trinajstić information content (AvgIpc) is 2.05. The van der Waals surface area contributed by atoms with Gasteiger partial charge < -0.3 is 5.11 Å². The van der Waals surface area contributed by atoms with Crippen molar-refractivity contribution in [3.05, 3.63) is 35.4 Å². The van der Waals surface area contributed by atoms with Gasteiger partial charge in [0.25, 0.3) is 0 Å². The fourth-order valence-electron chi connectivity index (χ4n) is 0.943. The second kappa shape index (κ2) is 2.96. The van der Waals surface area contributed by atoms with Crippen LogP contribution in [-0.4, -0.2) is 5.11 Å². The summed E-state index contributed by atoms with van der Waals surface area (Å²) in [5.41, 5.74) is 0.385. The Morgan fingerprint density at radius 2 is 1.83 bits per heavy atom. The summed E-state index contributed by atoms with van der Waals surface area (Å²) >= 11 is 0. The molecule has 0 bridgehead atoms. The van der Waals surface area contributed by atoms with Crippen molar-refractivity contribution in [1.29, 1.82) is 5.26 Å². The van der Waals surface area contributed by atoms with Crippen LogP contribution in [0.3, 0.4) is 0 Å². The molecule has 1 rings (SSSR count). The van der Waals surface area contributed by atoms with Crippen LogP contribution in [0, 0.1) is 18.3 Å². The molecule has 0 spiro atoms. The lowest BCUT2D eigenvalue weighted by molar-refractivity contribution is 0.119. The number of nitriles is 1. The van der Waals surface area contributed by atoms with Crippen LogP contribution >= 0.6 is 0 Å². The monoisotopic (exact) mass is 161 g/mol. The summed E-state index contributed by atoms with van der Waals surface area (Å²) in [5.74, 6) is 0. The summed E-state index contributed by atoms with van der Waals surface area (Å²) in [6.45, 7) is 3.45. The molecule has 0 saturated heterocycles. The minimum Gasteiger partial charge on any atom is -0.372 e. The van der Waals surface area contributed by atoms with Gasteiger partial charge >= 0.3 is 0 Å². The Morgan fingerprint density at radius 3 is 2.25 bits per heavy atom. The minimum atomic E-state index is -1.37. The summed E-state index contributed by atoms with van der Waals surface area (Å²) in [7, 11) is 0. The third-order valence-electron chi connectivity index (χ3n) is 1.83. The molecule has 0 amide bonds. The Hall–Kier alpha value is -1.33. The predicted octanol–water partition coefficient (Wildman–Crippen LogP) is 1.73. The van der Waals surface area contributed by atoms with Gasteiger partial charge in [0, 0.05) is 0 Å². The standard InChI is InChI=1S/C10H11NO/c1-8-3-5-9(6-4-8)10(2,12)7-11/h3-6,12H,1-2H3. The molecule has 62 valence electrons. The van der Waals surface area contributed by atoms with E-state index in [1.54, 1.807) is 12.1 Å². The van der Waals surface area contributed by atoms with Crippen LogP contribution in [0.15, 0.2) is 24.3 Å². The van der Waals surface area contributed by atoms with E-state index in [1.165, 1.54) is 6.92 Å². The number of aryl methyl sites for hydroxylation is 1. The Bertz CT molecular complexity index is 306. The van der Waals surface area contributed by atoms with E-state index < -0.39 is 5.60 Å². The van der Waals surface area contributed by atoms with Crippen LogP contribution in [0.2, 0.25) is 0 Å². The molecule has 0 aliphatic rings. The molecule has 12 heavy (non-hydrogen) atoms. The Labute approximate surface area is 72.1 Å². The molecule has 1 atom stereocenters. The zero-order valence-corrected chi connectivity index (χ0v) is 7.20. The Kier molecular flexibility index (Phi) is 2.16. The minimum absolute atomic E-state index is 0.635. The van der Waals surface area contributed by atoms with Gasteiger partial charge in [0.05, 0.1) is 0 Å². The van der Waals surface area contributed by atoms with Crippen LogP contribution in [0.4, 0.5) is 0 Å². The van der Waals surface area contributed by atoms with Crippen molar-refractivity contribution in [1.82, 2.24) is 0 Å². The highest BCUT2D eigenvalue weighted by molar-refractivity contribution is 5.29. The molecule has 1 aromatic rings. The average molecular weight is 161 g/mol. The lowest BCUT2D eigenvalue weighted by Crippen LogP contribution is -2.17. The summed E-state index contributed by atoms with van der Waals surface area (Å²) < 4.78 is 0. The largest absolute Gasteiger partial charge is 0.372 e. The maximum absolute atomic E-state index is 9.52. The molecular weight excluding hydrogens is 150 g/mol. The van der Waals surface area contributed by atoms with Crippen LogP contribution in [-0.2, 0) is 5.60 Å². The van der Waals surface area contributed by atoms with Gasteiger partial charge in [-0.1, -0.05) is 29.8 Å². The topological polar surface area (TPSA) is 44.0 Å². The number of rotatable bonds is 1. The van der Waals surface area contributed by atoms with Gasteiger partial charge in [0.2, 0.25) is 0 Å². The lowest BCUT2D eigenvalue weighted by Gasteiger charge is -2.13. The van der Waals surface area contributed by atoms with Crippen LogP contribution < -0.4 is 0 Å². The predicted molar refractivity (Wildman–Crippen MR) is 46.4 cm³/mol. The van der Waals surface area contributed by atoms with Crippen molar-refractivity contribution in [2.45, 2.75) is 19.4 Å². The first-order valence-electron chi connectivity index (χ1n) is 3.77.